The van der Waals surface area contributed by atoms with E-state index in [-0.39, 0.29) is 5.91 Å². The van der Waals surface area contributed by atoms with Crippen molar-refractivity contribution in [1.29, 1.82) is 0 Å². The Morgan fingerprint density at radius 3 is 2.84 bits per heavy atom. The van der Waals surface area contributed by atoms with Crippen LogP contribution in [0.15, 0.2) is 30.5 Å². The van der Waals surface area contributed by atoms with Gasteiger partial charge in [0.1, 0.15) is 0 Å². The quantitative estimate of drug-likeness (QED) is 0.863. The zero-order valence-corrected chi connectivity index (χ0v) is 11.1. The summed E-state index contributed by atoms with van der Waals surface area (Å²) in [4.78, 5) is 11.7. The predicted octanol–water partition coefficient (Wildman–Crippen LogP) is 1.93. The van der Waals surface area contributed by atoms with Gasteiger partial charge < -0.3 is 15.2 Å². The number of hydrogen-bond donors (Lipinski definition) is 2. The Bertz CT molecular complexity index is 596. The molecule has 2 N–H and O–H groups in total. The van der Waals surface area contributed by atoms with Crippen molar-refractivity contribution in [2.45, 2.75) is 18.9 Å². The molecule has 2 aromatic rings. The summed E-state index contributed by atoms with van der Waals surface area (Å²) in [7, 11) is 1.67. The highest BCUT2D eigenvalue weighted by Crippen LogP contribution is 2.26. The molecular formula is C15H19N3O. The van der Waals surface area contributed by atoms with Gasteiger partial charge >= 0.3 is 0 Å². The van der Waals surface area contributed by atoms with Gasteiger partial charge in [-0.05, 0) is 49.5 Å². The van der Waals surface area contributed by atoms with Gasteiger partial charge in [0.25, 0.3) is 5.91 Å². The van der Waals surface area contributed by atoms with Gasteiger partial charge in [-0.1, -0.05) is 6.07 Å². The van der Waals surface area contributed by atoms with Crippen molar-refractivity contribution in [3.63, 3.8) is 0 Å². The summed E-state index contributed by atoms with van der Waals surface area (Å²) in [6.45, 7) is 2.14. The van der Waals surface area contributed by atoms with Crippen LogP contribution in [0.3, 0.4) is 0 Å². The van der Waals surface area contributed by atoms with Crippen LogP contribution < -0.4 is 10.6 Å². The molecule has 0 atom stereocenters. The summed E-state index contributed by atoms with van der Waals surface area (Å²) in [6.07, 6.45) is 4.44. The van der Waals surface area contributed by atoms with Gasteiger partial charge in [0.15, 0.2) is 0 Å². The molecule has 100 valence electrons. The van der Waals surface area contributed by atoms with Crippen LogP contribution in [-0.4, -0.2) is 30.6 Å². The molecule has 1 fully saturated rings. The highest BCUT2D eigenvalue weighted by atomic mass is 16.1. The van der Waals surface area contributed by atoms with E-state index < -0.39 is 0 Å². The minimum absolute atomic E-state index is 0.0278. The van der Waals surface area contributed by atoms with E-state index in [1.54, 1.807) is 7.05 Å². The number of carbonyl (C=O) groups is 1. The molecule has 1 saturated heterocycles. The van der Waals surface area contributed by atoms with Crippen molar-refractivity contribution in [1.82, 2.24) is 15.2 Å². The van der Waals surface area contributed by atoms with E-state index in [0.717, 1.165) is 37.0 Å². The van der Waals surface area contributed by atoms with E-state index in [0.29, 0.717) is 6.04 Å². The number of carbonyl (C=O) groups excluding carboxylic acids is 1. The summed E-state index contributed by atoms with van der Waals surface area (Å²) in [5, 5.41) is 7.27. The van der Waals surface area contributed by atoms with E-state index in [9.17, 15) is 4.79 Å². The Balaban J connectivity index is 2.02. The van der Waals surface area contributed by atoms with Crippen molar-refractivity contribution < 1.29 is 4.79 Å². The van der Waals surface area contributed by atoms with Crippen LogP contribution in [0, 0.1) is 0 Å². The molecule has 0 radical (unpaired) electrons. The summed E-state index contributed by atoms with van der Waals surface area (Å²) >= 11 is 0. The highest BCUT2D eigenvalue weighted by molar-refractivity contribution is 5.97. The van der Waals surface area contributed by atoms with Gasteiger partial charge in [-0.15, -0.1) is 0 Å². The van der Waals surface area contributed by atoms with E-state index in [4.69, 9.17) is 0 Å². The molecule has 19 heavy (non-hydrogen) atoms. The first-order chi connectivity index (χ1) is 9.29. The summed E-state index contributed by atoms with van der Waals surface area (Å²) < 4.78 is 2.32. The minimum atomic E-state index is -0.0278. The van der Waals surface area contributed by atoms with Crippen LogP contribution in [0.5, 0.6) is 0 Å². The molecule has 0 spiro atoms. The van der Waals surface area contributed by atoms with Crippen LogP contribution >= 0.6 is 0 Å². The molecule has 0 saturated carbocycles. The largest absolute Gasteiger partial charge is 0.355 e. The maximum atomic E-state index is 11.7. The monoisotopic (exact) mass is 257 g/mol. The SMILES string of the molecule is CNC(=O)c1ccc2ccn(C3CCNCC3)c2c1. The van der Waals surface area contributed by atoms with E-state index >= 15 is 0 Å². The van der Waals surface area contributed by atoms with Crippen LogP contribution in [0.2, 0.25) is 0 Å². The molecule has 0 aliphatic carbocycles. The van der Waals surface area contributed by atoms with Gasteiger partial charge in [-0.3, -0.25) is 4.79 Å². The lowest BCUT2D eigenvalue weighted by atomic mass is 10.1. The van der Waals surface area contributed by atoms with E-state index in [1.165, 1.54) is 5.39 Å². The number of nitrogens with one attached hydrogen (secondary N) is 2. The zero-order valence-electron chi connectivity index (χ0n) is 11.1. The molecule has 2 heterocycles. The Morgan fingerprint density at radius 1 is 1.32 bits per heavy atom. The van der Waals surface area contributed by atoms with Gasteiger partial charge in [0.05, 0.1) is 0 Å². The molecule has 1 aromatic heterocycles. The molecule has 3 rings (SSSR count). The number of rotatable bonds is 2. The fraction of sp³-hybridized carbons (Fsp3) is 0.400. The third-order valence-corrected chi connectivity index (χ3v) is 3.91. The fourth-order valence-corrected chi connectivity index (χ4v) is 2.84. The Labute approximate surface area is 112 Å². The second kappa shape index (κ2) is 5.05. The van der Waals surface area contributed by atoms with E-state index in [2.05, 4.69) is 27.5 Å². The van der Waals surface area contributed by atoms with Crippen molar-refractivity contribution in [3.05, 3.63) is 36.0 Å². The second-order valence-corrected chi connectivity index (χ2v) is 5.06. The molecule has 4 heteroatoms. The smallest absolute Gasteiger partial charge is 0.251 e. The molecule has 1 aromatic carbocycles. The summed E-state index contributed by atoms with van der Waals surface area (Å²) in [5.74, 6) is -0.0278. The number of aromatic nitrogens is 1. The maximum Gasteiger partial charge on any atom is 0.251 e. The van der Waals surface area contributed by atoms with Gasteiger partial charge in [0.2, 0.25) is 0 Å². The van der Waals surface area contributed by atoms with Gasteiger partial charge in [-0.25, -0.2) is 0 Å². The van der Waals surface area contributed by atoms with Crippen LogP contribution in [-0.2, 0) is 0 Å². The predicted molar refractivity (Wildman–Crippen MR) is 76.5 cm³/mol. The summed E-state index contributed by atoms with van der Waals surface area (Å²) in [6, 6.07) is 8.57. The summed E-state index contributed by atoms with van der Waals surface area (Å²) in [5.41, 5.74) is 1.89. The maximum absolute atomic E-state index is 11.7. The lowest BCUT2D eigenvalue weighted by Crippen LogP contribution is -2.29. The number of amides is 1. The van der Waals surface area contributed by atoms with Crippen LogP contribution in [0.4, 0.5) is 0 Å². The minimum Gasteiger partial charge on any atom is -0.355 e. The third kappa shape index (κ3) is 2.24. The van der Waals surface area contributed by atoms with Gasteiger partial charge in [-0.2, -0.15) is 0 Å². The average molecular weight is 257 g/mol. The normalized spacial score (nSPS) is 16.7. The van der Waals surface area contributed by atoms with Crippen molar-refractivity contribution in [2.75, 3.05) is 20.1 Å². The first-order valence-electron chi connectivity index (χ1n) is 6.83. The first-order valence-corrected chi connectivity index (χ1v) is 6.83. The Kier molecular flexibility index (Phi) is 3.25. The standard InChI is InChI=1S/C15H19N3O/c1-16-15(19)12-3-2-11-6-9-18(14(11)10-12)13-4-7-17-8-5-13/h2-3,6,9-10,13,17H,4-5,7-8H2,1H3,(H,16,19). The number of nitrogens with zero attached hydrogens (tertiary/aromatic N) is 1. The third-order valence-electron chi connectivity index (χ3n) is 3.91. The number of piperidine rings is 1. The highest BCUT2D eigenvalue weighted by Gasteiger charge is 2.16. The number of hydrogen-bond acceptors (Lipinski definition) is 2. The van der Waals surface area contributed by atoms with Crippen molar-refractivity contribution in [2.24, 2.45) is 0 Å². The average Bonchev–Trinajstić information content (AvgIpc) is 2.90. The first kappa shape index (κ1) is 12.2. The molecule has 1 amide bonds. The number of benzene rings is 1. The second-order valence-electron chi connectivity index (χ2n) is 5.06. The molecule has 0 unspecified atom stereocenters. The topological polar surface area (TPSA) is 46.1 Å². The van der Waals surface area contributed by atoms with E-state index in [1.807, 2.05) is 18.2 Å². The molecular weight excluding hydrogens is 238 g/mol. The lowest BCUT2D eigenvalue weighted by molar-refractivity contribution is 0.0963. The van der Waals surface area contributed by atoms with Crippen LogP contribution in [0.1, 0.15) is 29.2 Å². The Hall–Kier alpha value is -1.81. The zero-order chi connectivity index (χ0) is 13.2. The molecule has 4 nitrogen and oxygen atoms in total. The van der Waals surface area contributed by atoms with Gasteiger partial charge in [0, 0.05) is 30.4 Å². The van der Waals surface area contributed by atoms with Crippen molar-refractivity contribution >= 4 is 16.8 Å². The molecule has 0 bridgehead atoms. The Morgan fingerprint density at radius 2 is 2.11 bits per heavy atom. The lowest BCUT2D eigenvalue weighted by Gasteiger charge is -2.25. The van der Waals surface area contributed by atoms with Crippen LogP contribution in [0.25, 0.3) is 10.9 Å². The molecule has 1 aliphatic heterocycles. The number of fused-ring (bicyclic) bond motifs is 1. The fourth-order valence-electron chi connectivity index (χ4n) is 2.84. The van der Waals surface area contributed by atoms with Crippen molar-refractivity contribution in [3.8, 4) is 0 Å². The molecule has 1 aliphatic rings.